The van der Waals surface area contributed by atoms with Gasteiger partial charge in [0.2, 0.25) is 0 Å². The molecule has 0 aliphatic carbocycles. The van der Waals surface area contributed by atoms with Crippen molar-refractivity contribution in [2.75, 3.05) is 5.32 Å². The highest BCUT2D eigenvalue weighted by Crippen LogP contribution is 2.19. The third kappa shape index (κ3) is 4.56. The maximum Gasteiger partial charge on any atom is 0.266 e. The molecule has 1 unspecified atom stereocenters. The number of aromatic nitrogens is 2. The van der Waals surface area contributed by atoms with E-state index in [4.69, 9.17) is 27.9 Å². The molecule has 0 aliphatic rings. The van der Waals surface area contributed by atoms with Gasteiger partial charge in [-0.2, -0.15) is 5.10 Å². The second-order valence-electron chi connectivity index (χ2n) is 5.67. The fourth-order valence-electron chi connectivity index (χ4n) is 2.35. The van der Waals surface area contributed by atoms with Crippen LogP contribution in [0.25, 0.3) is 0 Å². The van der Waals surface area contributed by atoms with Crippen LogP contribution in [0.1, 0.15) is 12.5 Å². The van der Waals surface area contributed by atoms with E-state index in [-0.39, 0.29) is 5.91 Å². The van der Waals surface area contributed by atoms with Gasteiger partial charge in [0.15, 0.2) is 6.10 Å². The van der Waals surface area contributed by atoms with Crippen molar-refractivity contribution in [3.63, 3.8) is 0 Å². The molecule has 26 heavy (non-hydrogen) atoms. The van der Waals surface area contributed by atoms with Crippen molar-refractivity contribution in [2.45, 2.75) is 19.6 Å². The molecule has 0 radical (unpaired) electrons. The summed E-state index contributed by atoms with van der Waals surface area (Å²) in [5.74, 6) is 0.865. The molecule has 3 rings (SSSR count). The second-order valence-corrected chi connectivity index (χ2v) is 6.51. The van der Waals surface area contributed by atoms with Crippen molar-refractivity contribution >= 4 is 34.9 Å². The predicted molar refractivity (Wildman–Crippen MR) is 103 cm³/mol. The molecule has 0 saturated heterocycles. The van der Waals surface area contributed by atoms with Crippen molar-refractivity contribution in [3.8, 4) is 5.75 Å². The summed E-state index contributed by atoms with van der Waals surface area (Å²) < 4.78 is 7.31. The van der Waals surface area contributed by atoms with Gasteiger partial charge < -0.3 is 10.1 Å². The molecule has 0 spiro atoms. The number of nitrogens with one attached hydrogen (secondary N) is 1. The highest BCUT2D eigenvalue weighted by atomic mass is 35.5. The van der Waals surface area contributed by atoms with Gasteiger partial charge in [0, 0.05) is 16.1 Å². The fraction of sp³-hybridized carbons (Fsp3) is 0.158. The van der Waals surface area contributed by atoms with E-state index in [2.05, 4.69) is 10.4 Å². The minimum absolute atomic E-state index is 0.277. The van der Waals surface area contributed by atoms with E-state index in [0.29, 0.717) is 28.2 Å². The largest absolute Gasteiger partial charge is 0.481 e. The standard InChI is InChI=1S/C19H17Cl2N3O2/c1-13(26-16-8-6-15(20)7-9-16)19(25)23-18-10-11-22-24(18)12-14-4-2-3-5-17(14)21/h2-11,13H,12H2,1H3,(H,23,25). The zero-order valence-corrected chi connectivity index (χ0v) is 15.5. The number of rotatable bonds is 6. The van der Waals surface area contributed by atoms with E-state index >= 15 is 0 Å². The van der Waals surface area contributed by atoms with E-state index in [1.165, 1.54) is 0 Å². The quantitative estimate of drug-likeness (QED) is 0.667. The Kier molecular flexibility index (Phi) is 5.81. The first-order valence-corrected chi connectivity index (χ1v) is 8.77. The first-order chi connectivity index (χ1) is 12.5. The van der Waals surface area contributed by atoms with Crippen LogP contribution in [0.2, 0.25) is 10.0 Å². The van der Waals surface area contributed by atoms with Crippen LogP contribution in [0.5, 0.6) is 5.75 Å². The first kappa shape index (κ1) is 18.3. The van der Waals surface area contributed by atoms with Crippen LogP contribution in [0.4, 0.5) is 5.82 Å². The molecule has 5 nitrogen and oxygen atoms in total. The van der Waals surface area contributed by atoms with E-state index < -0.39 is 6.10 Å². The molecule has 1 atom stereocenters. The SMILES string of the molecule is CC(Oc1ccc(Cl)cc1)C(=O)Nc1ccnn1Cc1ccccc1Cl. The van der Waals surface area contributed by atoms with Crippen LogP contribution >= 0.6 is 23.2 Å². The lowest BCUT2D eigenvalue weighted by Gasteiger charge is -2.15. The maximum atomic E-state index is 12.4. The minimum Gasteiger partial charge on any atom is -0.481 e. The number of carbonyl (C=O) groups is 1. The number of nitrogens with zero attached hydrogens (tertiary/aromatic N) is 2. The molecular weight excluding hydrogens is 373 g/mol. The minimum atomic E-state index is -0.681. The van der Waals surface area contributed by atoms with Gasteiger partial charge in [0.25, 0.3) is 5.91 Å². The van der Waals surface area contributed by atoms with Gasteiger partial charge in [-0.25, -0.2) is 4.68 Å². The Hall–Kier alpha value is -2.50. The van der Waals surface area contributed by atoms with E-state index in [1.807, 2.05) is 24.3 Å². The molecule has 134 valence electrons. The summed E-state index contributed by atoms with van der Waals surface area (Å²) in [4.78, 5) is 12.4. The molecule has 0 bridgehead atoms. The Bertz CT molecular complexity index is 894. The zero-order chi connectivity index (χ0) is 18.5. The van der Waals surface area contributed by atoms with Gasteiger partial charge in [-0.05, 0) is 42.8 Å². The van der Waals surface area contributed by atoms with Gasteiger partial charge in [0.05, 0.1) is 12.7 Å². The summed E-state index contributed by atoms with van der Waals surface area (Å²) in [7, 11) is 0. The average Bonchev–Trinajstić information content (AvgIpc) is 3.05. The number of carbonyl (C=O) groups excluding carboxylic acids is 1. The molecule has 1 aromatic heterocycles. The van der Waals surface area contributed by atoms with Crippen molar-refractivity contribution in [2.24, 2.45) is 0 Å². The highest BCUT2D eigenvalue weighted by Gasteiger charge is 2.17. The van der Waals surface area contributed by atoms with Gasteiger partial charge in [-0.3, -0.25) is 4.79 Å². The molecule has 3 aromatic rings. The van der Waals surface area contributed by atoms with E-state index in [0.717, 1.165) is 5.56 Å². The molecule has 7 heteroatoms. The molecule has 0 aliphatic heterocycles. The molecular formula is C19H17Cl2N3O2. The molecule has 1 heterocycles. The number of anilines is 1. The molecule has 1 N–H and O–H groups in total. The third-order valence-electron chi connectivity index (χ3n) is 3.74. The van der Waals surface area contributed by atoms with E-state index in [1.54, 1.807) is 48.1 Å². The lowest BCUT2D eigenvalue weighted by molar-refractivity contribution is -0.122. The fourth-order valence-corrected chi connectivity index (χ4v) is 2.67. The number of ether oxygens (including phenoxy) is 1. The summed E-state index contributed by atoms with van der Waals surface area (Å²) in [6.45, 7) is 2.13. The van der Waals surface area contributed by atoms with Crippen LogP contribution in [-0.2, 0) is 11.3 Å². The zero-order valence-electron chi connectivity index (χ0n) is 14.0. The highest BCUT2D eigenvalue weighted by molar-refractivity contribution is 6.31. The van der Waals surface area contributed by atoms with Crippen LogP contribution in [0, 0.1) is 0 Å². The summed E-state index contributed by atoms with van der Waals surface area (Å²) in [6.07, 6.45) is 0.941. The topological polar surface area (TPSA) is 56.1 Å². The summed E-state index contributed by atoms with van der Waals surface area (Å²) >= 11 is 12.0. The maximum absolute atomic E-state index is 12.4. The lowest BCUT2D eigenvalue weighted by Crippen LogP contribution is -2.31. The van der Waals surface area contributed by atoms with Crippen LogP contribution in [0.3, 0.4) is 0 Å². The molecule has 1 amide bonds. The Morgan fingerprint density at radius 3 is 2.62 bits per heavy atom. The lowest BCUT2D eigenvalue weighted by atomic mass is 10.2. The first-order valence-electron chi connectivity index (χ1n) is 8.01. The second kappa shape index (κ2) is 8.25. The molecule has 0 saturated carbocycles. The Balaban J connectivity index is 1.65. The monoisotopic (exact) mass is 389 g/mol. The summed E-state index contributed by atoms with van der Waals surface area (Å²) in [5.41, 5.74) is 0.916. The number of benzene rings is 2. The number of amides is 1. The average molecular weight is 390 g/mol. The van der Waals surface area contributed by atoms with Crippen molar-refractivity contribution in [1.82, 2.24) is 9.78 Å². The van der Waals surface area contributed by atoms with Crippen LogP contribution in [-0.4, -0.2) is 21.8 Å². The van der Waals surface area contributed by atoms with Gasteiger partial charge in [-0.1, -0.05) is 41.4 Å². The van der Waals surface area contributed by atoms with Crippen LogP contribution < -0.4 is 10.1 Å². The van der Waals surface area contributed by atoms with Crippen LogP contribution in [0.15, 0.2) is 60.8 Å². The Labute approximate surface area is 161 Å². The number of hydrogen-bond donors (Lipinski definition) is 1. The van der Waals surface area contributed by atoms with Crippen molar-refractivity contribution in [1.29, 1.82) is 0 Å². The Morgan fingerprint density at radius 2 is 1.88 bits per heavy atom. The van der Waals surface area contributed by atoms with Crippen molar-refractivity contribution in [3.05, 3.63) is 76.4 Å². The third-order valence-corrected chi connectivity index (χ3v) is 4.36. The van der Waals surface area contributed by atoms with Gasteiger partial charge in [0.1, 0.15) is 11.6 Å². The van der Waals surface area contributed by atoms with Gasteiger partial charge in [-0.15, -0.1) is 0 Å². The molecule has 0 fully saturated rings. The van der Waals surface area contributed by atoms with Crippen molar-refractivity contribution < 1.29 is 9.53 Å². The smallest absolute Gasteiger partial charge is 0.266 e. The van der Waals surface area contributed by atoms with E-state index in [9.17, 15) is 4.79 Å². The normalized spacial score (nSPS) is 11.8. The summed E-state index contributed by atoms with van der Waals surface area (Å²) in [6, 6.07) is 16.1. The Morgan fingerprint density at radius 1 is 1.15 bits per heavy atom. The molecule has 2 aromatic carbocycles. The number of halogens is 2. The number of hydrogen-bond acceptors (Lipinski definition) is 3. The predicted octanol–water partition coefficient (Wildman–Crippen LogP) is 4.64. The summed E-state index contributed by atoms with van der Waals surface area (Å²) in [5, 5.41) is 8.34. The van der Waals surface area contributed by atoms with Gasteiger partial charge >= 0.3 is 0 Å².